The van der Waals surface area contributed by atoms with E-state index in [9.17, 15) is 43.2 Å². The molecule has 554 valence electrons. The zero-order chi connectivity index (χ0) is 69.0. The third-order valence-electron chi connectivity index (χ3n) is 16.9. The van der Waals surface area contributed by atoms with Crippen molar-refractivity contribution in [3.05, 3.63) is 24.3 Å². The van der Waals surface area contributed by atoms with E-state index in [4.69, 9.17) is 37.0 Å². The van der Waals surface area contributed by atoms with E-state index in [1.54, 1.807) is 0 Å². The summed E-state index contributed by atoms with van der Waals surface area (Å²) in [7, 11) is -9.92. The number of ether oxygens (including phenoxy) is 4. The Balaban J connectivity index is 5.26. The molecule has 0 saturated heterocycles. The average molecular weight is 1380 g/mol. The molecule has 0 aliphatic heterocycles. The Morgan fingerprint density at radius 2 is 0.500 bits per heavy atom. The van der Waals surface area contributed by atoms with Crippen LogP contribution in [0.3, 0.4) is 0 Å². The second kappa shape index (κ2) is 69.0. The molecular formula is C75H142O17P2. The van der Waals surface area contributed by atoms with Gasteiger partial charge in [-0.25, -0.2) is 9.13 Å². The molecule has 5 atom stereocenters. The normalized spacial score (nSPS) is 14.1. The molecule has 0 aliphatic carbocycles. The fourth-order valence-electron chi connectivity index (χ4n) is 11.0. The van der Waals surface area contributed by atoms with Crippen LogP contribution in [0.1, 0.15) is 374 Å². The van der Waals surface area contributed by atoms with Gasteiger partial charge in [-0.3, -0.25) is 37.3 Å². The molecule has 0 heterocycles. The molecule has 0 radical (unpaired) electrons. The highest BCUT2D eigenvalue weighted by molar-refractivity contribution is 7.47. The maximum Gasteiger partial charge on any atom is 0.472 e. The highest BCUT2D eigenvalue weighted by Crippen LogP contribution is 2.45. The van der Waals surface area contributed by atoms with Gasteiger partial charge in [0.2, 0.25) is 0 Å². The van der Waals surface area contributed by atoms with Crippen LogP contribution < -0.4 is 0 Å². The summed E-state index contributed by atoms with van der Waals surface area (Å²) in [6.45, 7) is 4.90. The van der Waals surface area contributed by atoms with Gasteiger partial charge in [-0.05, 0) is 70.6 Å². The molecule has 0 aromatic rings. The second-order valence-electron chi connectivity index (χ2n) is 26.3. The van der Waals surface area contributed by atoms with Gasteiger partial charge < -0.3 is 33.8 Å². The van der Waals surface area contributed by atoms with Crippen molar-refractivity contribution < 1.29 is 80.2 Å². The number of aliphatic hydroxyl groups is 1. The number of unbranched alkanes of at least 4 members (excludes halogenated alkanes) is 44. The maximum absolute atomic E-state index is 13.1. The smallest absolute Gasteiger partial charge is 0.462 e. The number of hydrogen-bond acceptors (Lipinski definition) is 15. The topological polar surface area (TPSA) is 237 Å². The van der Waals surface area contributed by atoms with Crippen LogP contribution >= 0.6 is 15.6 Å². The summed E-state index contributed by atoms with van der Waals surface area (Å²) < 4.78 is 68.4. The van der Waals surface area contributed by atoms with Crippen LogP contribution in [0.2, 0.25) is 0 Å². The molecule has 17 nitrogen and oxygen atoms in total. The molecule has 19 heteroatoms. The predicted octanol–water partition coefficient (Wildman–Crippen LogP) is 21.8. The van der Waals surface area contributed by atoms with E-state index in [0.717, 1.165) is 122 Å². The Labute approximate surface area is 573 Å². The summed E-state index contributed by atoms with van der Waals surface area (Å²) in [6, 6.07) is 0. The van der Waals surface area contributed by atoms with Crippen molar-refractivity contribution in [2.75, 3.05) is 39.6 Å². The summed E-state index contributed by atoms with van der Waals surface area (Å²) in [5.74, 6) is -2.15. The quantitative estimate of drug-likeness (QED) is 0.0169. The van der Waals surface area contributed by atoms with Gasteiger partial charge in [-0.15, -0.1) is 0 Å². The molecule has 0 saturated carbocycles. The number of hydrogen-bond donors (Lipinski definition) is 3. The molecule has 3 N–H and O–H groups in total. The summed E-state index contributed by atoms with van der Waals surface area (Å²) in [4.78, 5) is 72.7. The summed E-state index contributed by atoms with van der Waals surface area (Å²) in [5.41, 5.74) is 0. The SMILES string of the molecule is CCCC/C=C\CCCCCCCC(=O)OC(COC(=O)CCCCCCC/C=C\CCCCCCCC)COP(=O)(O)OCC(O)COP(=O)(O)OCC(COC(=O)CCCCCCCCCCCCCCCCC)OC(=O)CCCCCCCCCCCCCCC. The van der Waals surface area contributed by atoms with Crippen molar-refractivity contribution >= 4 is 39.5 Å². The van der Waals surface area contributed by atoms with E-state index in [2.05, 4.69) is 52.0 Å². The fourth-order valence-corrected chi connectivity index (χ4v) is 12.5. The lowest BCUT2D eigenvalue weighted by molar-refractivity contribution is -0.161. The lowest BCUT2D eigenvalue weighted by Crippen LogP contribution is -2.30. The van der Waals surface area contributed by atoms with Crippen LogP contribution in [0.25, 0.3) is 0 Å². The maximum atomic E-state index is 13.1. The van der Waals surface area contributed by atoms with Gasteiger partial charge in [0, 0.05) is 25.7 Å². The molecule has 0 aromatic carbocycles. The molecular weight excluding hydrogens is 1230 g/mol. The average Bonchev–Trinajstić information content (AvgIpc) is 2.22. The first-order valence-electron chi connectivity index (χ1n) is 38.6. The first-order chi connectivity index (χ1) is 45.7. The highest BCUT2D eigenvalue weighted by atomic mass is 31.2. The van der Waals surface area contributed by atoms with Crippen molar-refractivity contribution in [3.63, 3.8) is 0 Å². The van der Waals surface area contributed by atoms with Crippen molar-refractivity contribution in [1.82, 2.24) is 0 Å². The molecule has 0 spiro atoms. The van der Waals surface area contributed by atoms with Gasteiger partial charge >= 0.3 is 39.5 Å². The minimum atomic E-state index is -4.96. The molecule has 0 amide bonds. The van der Waals surface area contributed by atoms with E-state index in [1.807, 2.05) is 0 Å². The number of allylic oxidation sites excluding steroid dienone is 4. The van der Waals surface area contributed by atoms with Crippen molar-refractivity contribution in [2.45, 2.75) is 393 Å². The van der Waals surface area contributed by atoms with E-state index in [0.29, 0.717) is 25.7 Å². The Kier molecular flexibility index (Phi) is 67.2. The Morgan fingerprint density at radius 3 is 0.766 bits per heavy atom. The minimum Gasteiger partial charge on any atom is -0.462 e. The monoisotopic (exact) mass is 1380 g/mol. The van der Waals surface area contributed by atoms with Gasteiger partial charge in [0.05, 0.1) is 26.4 Å². The summed E-state index contributed by atoms with van der Waals surface area (Å²) in [6.07, 6.45) is 61.7. The fraction of sp³-hybridized carbons (Fsp3) is 0.893. The zero-order valence-corrected chi connectivity index (χ0v) is 62.2. The number of aliphatic hydroxyl groups excluding tert-OH is 1. The second-order valence-corrected chi connectivity index (χ2v) is 29.2. The lowest BCUT2D eigenvalue weighted by Gasteiger charge is -2.21. The number of phosphoric ester groups is 2. The first-order valence-corrected chi connectivity index (χ1v) is 41.6. The van der Waals surface area contributed by atoms with Crippen molar-refractivity contribution in [1.29, 1.82) is 0 Å². The van der Waals surface area contributed by atoms with Gasteiger partial charge in [0.1, 0.15) is 19.3 Å². The van der Waals surface area contributed by atoms with Crippen LogP contribution in [0.4, 0.5) is 0 Å². The van der Waals surface area contributed by atoms with Crippen molar-refractivity contribution in [3.8, 4) is 0 Å². The first kappa shape index (κ1) is 91.5. The third-order valence-corrected chi connectivity index (χ3v) is 18.8. The highest BCUT2D eigenvalue weighted by Gasteiger charge is 2.30. The summed E-state index contributed by atoms with van der Waals surface area (Å²) in [5, 5.41) is 10.6. The van der Waals surface area contributed by atoms with E-state index < -0.39 is 97.5 Å². The van der Waals surface area contributed by atoms with Crippen LogP contribution in [-0.4, -0.2) is 96.7 Å². The number of phosphoric acid groups is 2. The van der Waals surface area contributed by atoms with E-state index in [-0.39, 0.29) is 25.7 Å². The van der Waals surface area contributed by atoms with Crippen LogP contribution in [0.5, 0.6) is 0 Å². The molecule has 0 bridgehead atoms. The molecule has 0 aromatic heterocycles. The Morgan fingerprint density at radius 1 is 0.287 bits per heavy atom. The van der Waals surface area contributed by atoms with Gasteiger partial charge in [-0.2, -0.15) is 0 Å². The van der Waals surface area contributed by atoms with E-state index >= 15 is 0 Å². The van der Waals surface area contributed by atoms with Crippen LogP contribution in [-0.2, 0) is 65.4 Å². The Bertz CT molecular complexity index is 1880. The molecule has 5 unspecified atom stereocenters. The van der Waals surface area contributed by atoms with Crippen LogP contribution in [0, 0.1) is 0 Å². The van der Waals surface area contributed by atoms with Gasteiger partial charge in [0.15, 0.2) is 12.2 Å². The van der Waals surface area contributed by atoms with Crippen LogP contribution in [0.15, 0.2) is 24.3 Å². The third kappa shape index (κ3) is 68.1. The van der Waals surface area contributed by atoms with Gasteiger partial charge in [0.25, 0.3) is 0 Å². The largest absolute Gasteiger partial charge is 0.472 e. The van der Waals surface area contributed by atoms with E-state index in [1.165, 1.54) is 173 Å². The predicted molar refractivity (Wildman–Crippen MR) is 381 cm³/mol. The summed E-state index contributed by atoms with van der Waals surface area (Å²) >= 11 is 0. The zero-order valence-electron chi connectivity index (χ0n) is 60.4. The minimum absolute atomic E-state index is 0.0899. The number of carbonyl (C=O) groups is 4. The molecule has 0 aliphatic rings. The number of rotatable bonds is 74. The van der Waals surface area contributed by atoms with Gasteiger partial charge in [-0.1, -0.05) is 302 Å². The standard InChI is InChI=1S/C75H142O17P2/c1-5-9-13-17-21-25-29-32-34-37-40-43-47-51-55-59-72(77)85-65-70(91-74(79)61-57-53-49-45-39-28-24-20-16-12-8-4)67-89-93(81,82)87-63-69(76)64-88-94(83,84)90-68-71(92-75(80)62-58-54-50-46-42-36-31-27-23-19-15-11-7-3)66-86-73(78)60-56-52-48-44-41-38-35-33-30-26-22-18-14-10-6-2/h20,24,32,34,69-71,76H,5-19,21-23,25-31,33,35-68H2,1-4H3,(H,81,82)(H,83,84)/b24-20-,34-32-. The lowest BCUT2D eigenvalue weighted by atomic mass is 10.0. The number of carbonyl (C=O) groups excluding carboxylic acids is 4. The Hall–Kier alpha value is -2.46. The number of esters is 4. The molecule has 94 heavy (non-hydrogen) atoms. The van der Waals surface area contributed by atoms with Crippen molar-refractivity contribution in [2.24, 2.45) is 0 Å². The molecule has 0 fully saturated rings. The molecule has 0 rings (SSSR count).